The van der Waals surface area contributed by atoms with Crippen molar-refractivity contribution in [2.45, 2.75) is 65.8 Å². The van der Waals surface area contributed by atoms with Gasteiger partial charge in [0.15, 0.2) is 0 Å². The lowest BCUT2D eigenvalue weighted by atomic mass is 9.94. The van der Waals surface area contributed by atoms with Crippen LogP contribution in [0.5, 0.6) is 0 Å². The first-order valence-electron chi connectivity index (χ1n) is 8.86. The van der Waals surface area contributed by atoms with Gasteiger partial charge in [-0.25, -0.2) is 4.98 Å². The third-order valence-electron chi connectivity index (χ3n) is 4.98. The average Bonchev–Trinajstić information content (AvgIpc) is 2.97. The zero-order valence-electron chi connectivity index (χ0n) is 14.6. The van der Waals surface area contributed by atoms with E-state index in [4.69, 9.17) is 0 Å². The van der Waals surface area contributed by atoms with E-state index in [-0.39, 0.29) is 5.92 Å². The first kappa shape index (κ1) is 17.0. The van der Waals surface area contributed by atoms with Crippen LogP contribution in [-0.4, -0.2) is 33.4 Å². The normalized spacial score (nSPS) is 16.7. The molecule has 2 heterocycles. The summed E-state index contributed by atoms with van der Waals surface area (Å²) in [7, 11) is 0. The van der Waals surface area contributed by atoms with Crippen molar-refractivity contribution in [2.24, 2.45) is 11.8 Å². The lowest BCUT2D eigenvalue weighted by molar-refractivity contribution is -0.137. The van der Waals surface area contributed by atoms with Gasteiger partial charge in [-0.1, -0.05) is 27.7 Å². The number of piperidine rings is 1. The summed E-state index contributed by atoms with van der Waals surface area (Å²) in [6.45, 7) is 11.5. The Labute approximate surface area is 134 Å². The Morgan fingerprint density at radius 1 is 1.27 bits per heavy atom. The molecule has 0 aliphatic carbocycles. The van der Waals surface area contributed by atoms with Gasteiger partial charge in [-0.2, -0.15) is 0 Å². The van der Waals surface area contributed by atoms with E-state index in [1.165, 1.54) is 5.82 Å². The van der Waals surface area contributed by atoms with Crippen LogP contribution in [0.1, 0.15) is 65.1 Å². The van der Waals surface area contributed by atoms with E-state index in [1.54, 1.807) is 0 Å². The largest absolute Gasteiger partial charge is 0.342 e. The third-order valence-corrected chi connectivity index (χ3v) is 4.98. The van der Waals surface area contributed by atoms with E-state index < -0.39 is 0 Å². The minimum atomic E-state index is 0.220. The minimum absolute atomic E-state index is 0.220. The molecule has 0 bridgehead atoms. The molecule has 0 atom stereocenters. The standard InChI is InChI=1S/C18H31N3O/c1-5-16(6-2)18(22)20-10-7-15(8-11-20)13-21-12-9-19-17(21)14(3)4/h9,12,14-16H,5-8,10-11,13H2,1-4H3. The van der Waals surface area contributed by atoms with Crippen LogP contribution in [0.3, 0.4) is 0 Å². The molecular weight excluding hydrogens is 274 g/mol. The van der Waals surface area contributed by atoms with Crippen LogP contribution in [0.15, 0.2) is 12.4 Å². The molecule has 0 saturated carbocycles. The fourth-order valence-electron chi connectivity index (χ4n) is 3.49. The van der Waals surface area contributed by atoms with Crippen molar-refractivity contribution in [1.29, 1.82) is 0 Å². The summed E-state index contributed by atoms with van der Waals surface area (Å²) in [5.41, 5.74) is 0. The van der Waals surface area contributed by atoms with Gasteiger partial charge in [0.25, 0.3) is 0 Å². The molecule has 1 aromatic rings. The number of aromatic nitrogens is 2. The average molecular weight is 305 g/mol. The monoisotopic (exact) mass is 305 g/mol. The number of hydrogen-bond donors (Lipinski definition) is 0. The number of amides is 1. The predicted molar refractivity (Wildman–Crippen MR) is 89.7 cm³/mol. The summed E-state index contributed by atoms with van der Waals surface area (Å²) in [5.74, 6) is 2.89. The molecule has 1 saturated heterocycles. The number of carbonyl (C=O) groups is 1. The Morgan fingerprint density at radius 3 is 2.45 bits per heavy atom. The quantitative estimate of drug-likeness (QED) is 0.804. The van der Waals surface area contributed by atoms with Crippen molar-refractivity contribution in [1.82, 2.24) is 14.5 Å². The lowest BCUT2D eigenvalue weighted by Crippen LogP contribution is -2.42. The molecule has 124 valence electrons. The summed E-state index contributed by atoms with van der Waals surface area (Å²) in [6.07, 6.45) is 8.14. The fraction of sp³-hybridized carbons (Fsp3) is 0.778. The van der Waals surface area contributed by atoms with Crippen LogP contribution in [0.4, 0.5) is 0 Å². The highest BCUT2D eigenvalue weighted by Crippen LogP contribution is 2.23. The molecule has 1 fully saturated rings. The van der Waals surface area contributed by atoms with E-state index >= 15 is 0 Å². The van der Waals surface area contributed by atoms with Gasteiger partial charge in [-0.15, -0.1) is 0 Å². The zero-order valence-corrected chi connectivity index (χ0v) is 14.6. The minimum Gasteiger partial charge on any atom is -0.342 e. The molecule has 2 rings (SSSR count). The number of imidazole rings is 1. The van der Waals surface area contributed by atoms with Crippen molar-refractivity contribution in [2.75, 3.05) is 13.1 Å². The third kappa shape index (κ3) is 3.90. The molecule has 0 N–H and O–H groups in total. The first-order valence-corrected chi connectivity index (χ1v) is 8.86. The van der Waals surface area contributed by atoms with Crippen molar-refractivity contribution in [3.05, 3.63) is 18.2 Å². The Hall–Kier alpha value is -1.32. The van der Waals surface area contributed by atoms with Crippen LogP contribution in [0, 0.1) is 11.8 Å². The second-order valence-corrected chi connectivity index (χ2v) is 6.87. The van der Waals surface area contributed by atoms with Crippen molar-refractivity contribution in [3.63, 3.8) is 0 Å². The van der Waals surface area contributed by atoms with E-state index in [1.807, 2.05) is 6.20 Å². The van der Waals surface area contributed by atoms with Gasteiger partial charge in [-0.05, 0) is 31.6 Å². The summed E-state index contributed by atoms with van der Waals surface area (Å²) in [5, 5.41) is 0. The summed E-state index contributed by atoms with van der Waals surface area (Å²) < 4.78 is 2.30. The SMILES string of the molecule is CCC(CC)C(=O)N1CCC(Cn2ccnc2C(C)C)CC1. The topological polar surface area (TPSA) is 38.1 Å². The Bertz CT molecular complexity index is 468. The maximum Gasteiger partial charge on any atom is 0.225 e. The molecule has 1 aliphatic rings. The highest BCUT2D eigenvalue weighted by Gasteiger charge is 2.26. The van der Waals surface area contributed by atoms with Crippen molar-refractivity contribution >= 4 is 5.91 Å². The number of rotatable bonds is 6. The van der Waals surface area contributed by atoms with Crippen LogP contribution >= 0.6 is 0 Å². The first-order chi connectivity index (χ1) is 10.6. The molecule has 1 aliphatic heterocycles. The van der Waals surface area contributed by atoms with Gasteiger partial charge in [0.05, 0.1) is 0 Å². The van der Waals surface area contributed by atoms with Crippen LogP contribution < -0.4 is 0 Å². The Kier molecular flexibility index (Phi) is 6.04. The number of carbonyl (C=O) groups excluding carboxylic acids is 1. The van der Waals surface area contributed by atoms with Gasteiger partial charge >= 0.3 is 0 Å². The molecule has 1 amide bonds. The van der Waals surface area contributed by atoms with Gasteiger partial charge in [0.1, 0.15) is 5.82 Å². The molecule has 0 spiro atoms. The summed E-state index contributed by atoms with van der Waals surface area (Å²) >= 11 is 0. The summed E-state index contributed by atoms with van der Waals surface area (Å²) in [4.78, 5) is 19.0. The lowest BCUT2D eigenvalue weighted by Gasteiger charge is -2.34. The molecule has 4 heteroatoms. The summed E-state index contributed by atoms with van der Waals surface area (Å²) in [6, 6.07) is 0. The van der Waals surface area contributed by atoms with Gasteiger partial charge in [-0.3, -0.25) is 4.79 Å². The molecule has 0 aromatic carbocycles. The smallest absolute Gasteiger partial charge is 0.225 e. The van der Waals surface area contributed by atoms with E-state index in [0.29, 0.717) is 17.7 Å². The van der Waals surface area contributed by atoms with E-state index in [0.717, 1.165) is 45.3 Å². The van der Waals surface area contributed by atoms with Gasteiger partial charge in [0.2, 0.25) is 5.91 Å². The molecule has 22 heavy (non-hydrogen) atoms. The van der Waals surface area contributed by atoms with E-state index in [2.05, 4.69) is 48.3 Å². The van der Waals surface area contributed by atoms with Crippen molar-refractivity contribution < 1.29 is 4.79 Å². The predicted octanol–water partition coefficient (Wildman–Crippen LogP) is 3.68. The number of likely N-dealkylation sites (tertiary alicyclic amines) is 1. The second-order valence-electron chi connectivity index (χ2n) is 6.87. The van der Waals surface area contributed by atoms with Crippen LogP contribution in [0.2, 0.25) is 0 Å². The fourth-order valence-corrected chi connectivity index (χ4v) is 3.49. The van der Waals surface area contributed by atoms with Crippen LogP contribution in [0.25, 0.3) is 0 Å². The maximum absolute atomic E-state index is 12.4. The van der Waals surface area contributed by atoms with Gasteiger partial charge < -0.3 is 9.47 Å². The number of hydrogen-bond acceptors (Lipinski definition) is 2. The molecule has 4 nitrogen and oxygen atoms in total. The Balaban J connectivity index is 1.87. The second kappa shape index (κ2) is 7.80. The highest BCUT2D eigenvalue weighted by molar-refractivity contribution is 5.78. The highest BCUT2D eigenvalue weighted by atomic mass is 16.2. The number of nitrogens with zero attached hydrogens (tertiary/aromatic N) is 3. The molecule has 0 radical (unpaired) electrons. The molecule has 1 aromatic heterocycles. The van der Waals surface area contributed by atoms with Gasteiger partial charge in [0, 0.05) is 43.9 Å². The maximum atomic E-state index is 12.4. The Morgan fingerprint density at radius 2 is 1.91 bits per heavy atom. The zero-order chi connectivity index (χ0) is 16.1. The molecule has 0 unspecified atom stereocenters. The van der Waals surface area contributed by atoms with Crippen molar-refractivity contribution in [3.8, 4) is 0 Å². The van der Waals surface area contributed by atoms with E-state index in [9.17, 15) is 4.79 Å². The van der Waals surface area contributed by atoms with Crippen LogP contribution in [-0.2, 0) is 11.3 Å². The molecular formula is C18H31N3O.